The largest absolute Gasteiger partial charge is 0.478 e. The van der Waals surface area contributed by atoms with Crippen LogP contribution in [0.2, 0.25) is 0 Å². The standard InChI is InChI=1S/C29H25NO4/c1-19-25-17-15-24(30(2)3)18-27(25)34-29(33)26(19)16-12-21-7-4-20(5-8-21)6-9-22-10-13-23(14-11-22)28(31)32/h4-18H,1-3H3,(H,31,32)/b9-6+,16-12+. The first-order valence-corrected chi connectivity index (χ1v) is 10.9. The number of carbonyl (C=O) groups is 1. The van der Waals surface area contributed by atoms with Gasteiger partial charge >= 0.3 is 11.6 Å². The van der Waals surface area contributed by atoms with E-state index in [1.165, 1.54) is 0 Å². The van der Waals surface area contributed by atoms with Crippen molar-refractivity contribution in [2.75, 3.05) is 19.0 Å². The quantitative estimate of drug-likeness (QED) is 0.279. The van der Waals surface area contributed by atoms with Gasteiger partial charge in [-0.2, -0.15) is 0 Å². The van der Waals surface area contributed by atoms with E-state index in [1.54, 1.807) is 30.3 Å². The molecule has 0 aliphatic heterocycles. The molecule has 0 spiro atoms. The van der Waals surface area contributed by atoms with Gasteiger partial charge in [-0.25, -0.2) is 9.59 Å². The number of aryl methyl sites for hydroxylation is 1. The number of hydrogen-bond donors (Lipinski definition) is 1. The first-order valence-electron chi connectivity index (χ1n) is 10.9. The highest BCUT2D eigenvalue weighted by Crippen LogP contribution is 2.25. The van der Waals surface area contributed by atoms with Gasteiger partial charge in [0.1, 0.15) is 5.58 Å². The molecule has 1 aromatic heterocycles. The van der Waals surface area contributed by atoms with Crippen molar-refractivity contribution in [3.05, 3.63) is 111 Å². The Labute approximate surface area is 197 Å². The highest BCUT2D eigenvalue weighted by Gasteiger charge is 2.10. The lowest BCUT2D eigenvalue weighted by Crippen LogP contribution is -2.09. The molecule has 0 amide bonds. The lowest BCUT2D eigenvalue weighted by Gasteiger charge is -2.13. The van der Waals surface area contributed by atoms with E-state index in [1.807, 2.05) is 86.6 Å². The molecule has 170 valence electrons. The smallest absolute Gasteiger partial charge is 0.343 e. The van der Waals surface area contributed by atoms with Crippen molar-refractivity contribution in [1.82, 2.24) is 0 Å². The number of rotatable bonds is 6. The van der Waals surface area contributed by atoms with Gasteiger partial charge in [0, 0.05) is 31.2 Å². The molecule has 4 rings (SSSR count). The summed E-state index contributed by atoms with van der Waals surface area (Å²) in [6.07, 6.45) is 7.60. The van der Waals surface area contributed by atoms with E-state index in [9.17, 15) is 9.59 Å². The summed E-state index contributed by atoms with van der Waals surface area (Å²) in [5.74, 6) is -0.936. The zero-order chi connectivity index (χ0) is 24.2. The first kappa shape index (κ1) is 22.8. The number of carboxylic acid groups (broad SMARTS) is 1. The third-order valence-electron chi connectivity index (χ3n) is 5.72. The number of benzene rings is 3. The molecule has 0 aliphatic rings. The fraction of sp³-hybridized carbons (Fsp3) is 0.103. The molecule has 0 fully saturated rings. The predicted octanol–water partition coefficient (Wildman–Crippen LogP) is 6.21. The molecule has 5 nitrogen and oxygen atoms in total. The van der Waals surface area contributed by atoms with Crippen molar-refractivity contribution in [2.24, 2.45) is 0 Å². The molecule has 0 bridgehead atoms. The Morgan fingerprint density at radius 1 is 0.824 bits per heavy atom. The average molecular weight is 452 g/mol. The molecule has 0 radical (unpaired) electrons. The van der Waals surface area contributed by atoms with Crippen LogP contribution >= 0.6 is 0 Å². The predicted molar refractivity (Wildman–Crippen MR) is 139 cm³/mol. The maximum Gasteiger partial charge on any atom is 0.343 e. The summed E-state index contributed by atoms with van der Waals surface area (Å²) in [6.45, 7) is 1.94. The van der Waals surface area contributed by atoms with Crippen molar-refractivity contribution < 1.29 is 14.3 Å². The Bertz CT molecular complexity index is 1460. The normalized spacial score (nSPS) is 11.5. The van der Waals surface area contributed by atoms with Crippen LogP contribution in [0.3, 0.4) is 0 Å². The SMILES string of the molecule is Cc1c(/C=C/c2ccc(/C=C/c3ccc(C(=O)O)cc3)cc2)c(=O)oc2cc(N(C)C)ccc12. The molecule has 5 heteroatoms. The molecular formula is C29H25NO4. The molecule has 0 saturated carbocycles. The van der Waals surface area contributed by atoms with Gasteiger partial charge in [-0.1, -0.05) is 54.6 Å². The second kappa shape index (κ2) is 9.63. The molecule has 3 aromatic carbocycles. The summed E-state index contributed by atoms with van der Waals surface area (Å²) >= 11 is 0. The second-order valence-electron chi connectivity index (χ2n) is 8.26. The molecule has 0 saturated heterocycles. The maximum absolute atomic E-state index is 12.6. The van der Waals surface area contributed by atoms with Crippen LogP contribution in [0.15, 0.2) is 75.9 Å². The fourth-order valence-electron chi connectivity index (χ4n) is 3.66. The number of carboxylic acids is 1. The van der Waals surface area contributed by atoms with Crippen molar-refractivity contribution in [3.8, 4) is 0 Å². The number of fused-ring (bicyclic) bond motifs is 1. The Morgan fingerprint density at radius 2 is 1.35 bits per heavy atom. The van der Waals surface area contributed by atoms with Crippen LogP contribution in [-0.4, -0.2) is 25.2 Å². The Hall–Kier alpha value is -4.38. The zero-order valence-corrected chi connectivity index (χ0v) is 19.3. The molecule has 0 unspecified atom stereocenters. The minimum absolute atomic E-state index is 0.266. The van der Waals surface area contributed by atoms with Crippen LogP contribution in [-0.2, 0) is 0 Å². The number of hydrogen-bond acceptors (Lipinski definition) is 4. The average Bonchev–Trinajstić information content (AvgIpc) is 2.83. The van der Waals surface area contributed by atoms with Gasteiger partial charge in [0.2, 0.25) is 0 Å². The fourth-order valence-corrected chi connectivity index (χ4v) is 3.66. The van der Waals surface area contributed by atoms with Crippen LogP contribution in [0.4, 0.5) is 5.69 Å². The molecule has 34 heavy (non-hydrogen) atoms. The van der Waals surface area contributed by atoms with Crippen LogP contribution in [0.5, 0.6) is 0 Å². The van der Waals surface area contributed by atoms with Crippen LogP contribution in [0.25, 0.3) is 35.3 Å². The van der Waals surface area contributed by atoms with Gasteiger partial charge < -0.3 is 14.4 Å². The number of anilines is 1. The Balaban J connectivity index is 1.52. The minimum atomic E-state index is -0.936. The lowest BCUT2D eigenvalue weighted by molar-refractivity contribution is 0.0697. The van der Waals surface area contributed by atoms with Crippen molar-refractivity contribution >= 4 is 46.9 Å². The van der Waals surface area contributed by atoms with Crippen molar-refractivity contribution in [1.29, 1.82) is 0 Å². The van der Waals surface area contributed by atoms with Crippen molar-refractivity contribution in [2.45, 2.75) is 6.92 Å². The minimum Gasteiger partial charge on any atom is -0.478 e. The maximum atomic E-state index is 12.6. The third kappa shape index (κ3) is 4.99. The Morgan fingerprint density at radius 3 is 1.88 bits per heavy atom. The van der Waals surface area contributed by atoms with E-state index in [0.29, 0.717) is 11.1 Å². The van der Waals surface area contributed by atoms with Gasteiger partial charge in [-0.05, 0) is 59.5 Å². The molecule has 0 aliphatic carbocycles. The number of nitrogens with zero attached hydrogens (tertiary/aromatic N) is 1. The summed E-state index contributed by atoms with van der Waals surface area (Å²) in [6, 6.07) is 20.5. The van der Waals surface area contributed by atoms with E-state index in [-0.39, 0.29) is 11.2 Å². The zero-order valence-electron chi connectivity index (χ0n) is 19.3. The summed E-state index contributed by atoms with van der Waals surface area (Å²) in [7, 11) is 3.89. The van der Waals surface area contributed by atoms with Crippen molar-refractivity contribution in [3.63, 3.8) is 0 Å². The van der Waals surface area contributed by atoms with E-state index in [2.05, 4.69) is 0 Å². The molecule has 0 atom stereocenters. The molecule has 4 aromatic rings. The Kier molecular flexibility index (Phi) is 6.46. The third-order valence-corrected chi connectivity index (χ3v) is 5.72. The lowest BCUT2D eigenvalue weighted by atomic mass is 10.0. The number of aromatic carboxylic acids is 1. The van der Waals surface area contributed by atoms with E-state index >= 15 is 0 Å². The highest BCUT2D eigenvalue weighted by molar-refractivity contribution is 5.88. The second-order valence-corrected chi connectivity index (χ2v) is 8.26. The molecule has 1 N–H and O–H groups in total. The van der Waals surface area contributed by atoms with Gasteiger partial charge in [0.05, 0.1) is 11.1 Å². The monoisotopic (exact) mass is 451 g/mol. The first-order chi connectivity index (χ1) is 16.3. The van der Waals surface area contributed by atoms with Crippen LogP contribution in [0, 0.1) is 6.92 Å². The van der Waals surface area contributed by atoms with Crippen LogP contribution in [0.1, 0.15) is 38.2 Å². The van der Waals surface area contributed by atoms with E-state index in [0.717, 1.165) is 33.3 Å². The van der Waals surface area contributed by atoms with Gasteiger partial charge in [0.15, 0.2) is 0 Å². The summed E-state index contributed by atoms with van der Waals surface area (Å²) in [4.78, 5) is 25.5. The van der Waals surface area contributed by atoms with E-state index in [4.69, 9.17) is 9.52 Å². The summed E-state index contributed by atoms with van der Waals surface area (Å²) in [5, 5.41) is 9.90. The highest BCUT2D eigenvalue weighted by atomic mass is 16.4. The molecular weight excluding hydrogens is 426 g/mol. The summed E-state index contributed by atoms with van der Waals surface area (Å²) < 4.78 is 5.59. The molecule has 1 heterocycles. The topological polar surface area (TPSA) is 70.7 Å². The van der Waals surface area contributed by atoms with Gasteiger partial charge in [-0.3, -0.25) is 0 Å². The van der Waals surface area contributed by atoms with Crippen LogP contribution < -0.4 is 10.5 Å². The van der Waals surface area contributed by atoms with Gasteiger partial charge in [-0.15, -0.1) is 0 Å². The van der Waals surface area contributed by atoms with E-state index < -0.39 is 5.97 Å². The van der Waals surface area contributed by atoms with Gasteiger partial charge in [0.25, 0.3) is 0 Å². The summed E-state index contributed by atoms with van der Waals surface area (Å²) in [5.41, 5.74) is 5.80.